The summed E-state index contributed by atoms with van der Waals surface area (Å²) >= 11 is 1.53. The summed E-state index contributed by atoms with van der Waals surface area (Å²) in [4.78, 5) is 4.46. The molecule has 0 spiro atoms. The lowest BCUT2D eigenvalue weighted by molar-refractivity contribution is 0.0186. The second kappa shape index (κ2) is 7.08. The standard InChI is InChI=1S/C11H16F2N2O2S/c12-10(13)6-16-3-1-11-15-9(7-18-11)8-5-17-4-2-14-8/h7-8,10,14H,1-6H2. The molecule has 1 aliphatic heterocycles. The number of ether oxygens (including phenoxy) is 2. The first kappa shape index (κ1) is 13.8. The molecule has 2 heterocycles. The first-order valence-electron chi connectivity index (χ1n) is 5.87. The van der Waals surface area contributed by atoms with Crippen molar-refractivity contribution in [3.8, 4) is 0 Å². The van der Waals surface area contributed by atoms with E-state index in [1.54, 1.807) is 0 Å². The van der Waals surface area contributed by atoms with Crippen molar-refractivity contribution in [1.29, 1.82) is 0 Å². The van der Waals surface area contributed by atoms with Gasteiger partial charge in [-0.2, -0.15) is 0 Å². The van der Waals surface area contributed by atoms with Gasteiger partial charge in [0.25, 0.3) is 6.43 Å². The summed E-state index contributed by atoms with van der Waals surface area (Å²) in [7, 11) is 0. The predicted molar refractivity (Wildman–Crippen MR) is 64.2 cm³/mol. The van der Waals surface area contributed by atoms with Gasteiger partial charge in [-0.15, -0.1) is 11.3 Å². The van der Waals surface area contributed by atoms with Gasteiger partial charge in [-0.05, 0) is 0 Å². The van der Waals surface area contributed by atoms with Gasteiger partial charge in [-0.25, -0.2) is 13.8 Å². The third kappa shape index (κ3) is 4.24. The Hall–Kier alpha value is -0.630. The first-order chi connectivity index (χ1) is 8.75. The largest absolute Gasteiger partial charge is 0.378 e. The topological polar surface area (TPSA) is 43.4 Å². The van der Waals surface area contributed by atoms with Crippen molar-refractivity contribution in [1.82, 2.24) is 10.3 Å². The molecular weight excluding hydrogens is 262 g/mol. The Morgan fingerprint density at radius 2 is 2.50 bits per heavy atom. The number of halogens is 2. The molecule has 102 valence electrons. The van der Waals surface area contributed by atoms with Gasteiger partial charge in [0.05, 0.1) is 36.6 Å². The monoisotopic (exact) mass is 278 g/mol. The lowest BCUT2D eigenvalue weighted by atomic mass is 10.2. The van der Waals surface area contributed by atoms with Crippen LogP contribution in [-0.2, 0) is 15.9 Å². The number of hydrogen-bond acceptors (Lipinski definition) is 5. The average molecular weight is 278 g/mol. The zero-order valence-electron chi connectivity index (χ0n) is 9.90. The summed E-state index contributed by atoms with van der Waals surface area (Å²) in [6.07, 6.45) is -1.83. The average Bonchev–Trinajstić information content (AvgIpc) is 2.84. The fourth-order valence-electron chi connectivity index (χ4n) is 1.69. The zero-order valence-corrected chi connectivity index (χ0v) is 10.7. The minimum atomic E-state index is -2.40. The maximum atomic E-state index is 11.8. The maximum Gasteiger partial charge on any atom is 0.261 e. The third-order valence-corrected chi connectivity index (χ3v) is 3.48. The number of alkyl halides is 2. The summed E-state index contributed by atoms with van der Waals surface area (Å²) in [5.41, 5.74) is 0.962. The van der Waals surface area contributed by atoms with Gasteiger partial charge in [0.15, 0.2) is 0 Å². The molecule has 0 amide bonds. The van der Waals surface area contributed by atoms with E-state index in [4.69, 9.17) is 9.47 Å². The molecule has 1 fully saturated rings. The Labute approximate surface area is 108 Å². The van der Waals surface area contributed by atoms with E-state index in [2.05, 4.69) is 10.3 Å². The lowest BCUT2D eigenvalue weighted by Crippen LogP contribution is -2.34. The molecule has 7 heteroatoms. The van der Waals surface area contributed by atoms with E-state index >= 15 is 0 Å². The molecule has 1 unspecified atom stereocenters. The SMILES string of the molecule is FC(F)COCCc1nc(C2COCCN2)cs1. The van der Waals surface area contributed by atoms with Gasteiger partial charge in [0.2, 0.25) is 0 Å². The molecule has 0 radical (unpaired) electrons. The number of nitrogens with zero attached hydrogens (tertiary/aromatic N) is 1. The number of nitrogens with one attached hydrogen (secondary N) is 1. The van der Waals surface area contributed by atoms with Crippen LogP contribution in [0.4, 0.5) is 8.78 Å². The van der Waals surface area contributed by atoms with Gasteiger partial charge in [0, 0.05) is 18.3 Å². The van der Waals surface area contributed by atoms with Crippen molar-refractivity contribution in [2.45, 2.75) is 18.9 Å². The highest BCUT2D eigenvalue weighted by Gasteiger charge is 2.17. The summed E-state index contributed by atoms with van der Waals surface area (Å²) in [5.74, 6) is 0. The Morgan fingerprint density at radius 3 is 3.22 bits per heavy atom. The van der Waals surface area contributed by atoms with Crippen LogP contribution in [0.1, 0.15) is 16.7 Å². The Bertz CT molecular complexity index is 357. The molecule has 1 aliphatic rings. The molecule has 1 aromatic rings. The van der Waals surface area contributed by atoms with Gasteiger partial charge in [-0.1, -0.05) is 0 Å². The smallest absolute Gasteiger partial charge is 0.261 e. The molecule has 4 nitrogen and oxygen atoms in total. The van der Waals surface area contributed by atoms with Crippen LogP contribution in [0, 0.1) is 0 Å². The minimum Gasteiger partial charge on any atom is -0.378 e. The highest BCUT2D eigenvalue weighted by Crippen LogP contribution is 2.19. The van der Waals surface area contributed by atoms with Crippen LogP contribution in [-0.4, -0.2) is 44.4 Å². The Balaban J connectivity index is 1.75. The molecule has 0 saturated carbocycles. The lowest BCUT2D eigenvalue weighted by Gasteiger charge is -2.22. The molecule has 1 aromatic heterocycles. The van der Waals surface area contributed by atoms with E-state index in [0.717, 1.165) is 23.9 Å². The number of rotatable bonds is 6. The first-order valence-corrected chi connectivity index (χ1v) is 6.75. The molecule has 2 rings (SSSR count). The van der Waals surface area contributed by atoms with Crippen molar-refractivity contribution in [2.75, 3.05) is 33.0 Å². The molecular formula is C11H16F2N2O2S. The fourth-order valence-corrected chi connectivity index (χ4v) is 2.52. The van der Waals surface area contributed by atoms with Crippen molar-refractivity contribution in [3.05, 3.63) is 16.1 Å². The van der Waals surface area contributed by atoms with Crippen LogP contribution in [0.15, 0.2) is 5.38 Å². The number of aromatic nitrogens is 1. The Morgan fingerprint density at radius 1 is 1.61 bits per heavy atom. The highest BCUT2D eigenvalue weighted by atomic mass is 32.1. The van der Waals surface area contributed by atoms with E-state index < -0.39 is 13.0 Å². The number of thiazole rings is 1. The van der Waals surface area contributed by atoms with Gasteiger partial charge < -0.3 is 14.8 Å². The van der Waals surface area contributed by atoms with Crippen LogP contribution >= 0.6 is 11.3 Å². The van der Waals surface area contributed by atoms with Crippen molar-refractivity contribution in [3.63, 3.8) is 0 Å². The normalized spacial score (nSPS) is 20.5. The predicted octanol–water partition coefficient (Wildman–Crippen LogP) is 1.63. The molecule has 1 saturated heterocycles. The molecule has 0 aliphatic carbocycles. The van der Waals surface area contributed by atoms with E-state index in [9.17, 15) is 8.78 Å². The summed E-state index contributed by atoms with van der Waals surface area (Å²) in [5, 5.41) is 6.21. The van der Waals surface area contributed by atoms with Crippen molar-refractivity contribution >= 4 is 11.3 Å². The number of hydrogen-bond donors (Lipinski definition) is 1. The Kier molecular flexibility index (Phi) is 5.43. The molecule has 0 bridgehead atoms. The summed E-state index contributed by atoms with van der Waals surface area (Å²) in [6, 6.07) is 0.144. The van der Waals surface area contributed by atoms with E-state index in [1.165, 1.54) is 11.3 Å². The van der Waals surface area contributed by atoms with Crippen LogP contribution in [0.5, 0.6) is 0 Å². The van der Waals surface area contributed by atoms with Crippen molar-refractivity contribution in [2.24, 2.45) is 0 Å². The molecule has 1 atom stereocenters. The summed E-state index contributed by atoms with van der Waals surface area (Å²) in [6.45, 7) is 1.97. The second-order valence-corrected chi connectivity index (χ2v) is 4.91. The number of morpholine rings is 1. The van der Waals surface area contributed by atoms with E-state index in [0.29, 0.717) is 13.0 Å². The van der Waals surface area contributed by atoms with E-state index in [-0.39, 0.29) is 12.6 Å². The van der Waals surface area contributed by atoms with Gasteiger partial charge in [-0.3, -0.25) is 0 Å². The van der Waals surface area contributed by atoms with Crippen LogP contribution in [0.2, 0.25) is 0 Å². The quantitative estimate of drug-likeness (QED) is 0.803. The van der Waals surface area contributed by atoms with Gasteiger partial charge >= 0.3 is 0 Å². The molecule has 1 N–H and O–H groups in total. The van der Waals surface area contributed by atoms with Crippen LogP contribution in [0.3, 0.4) is 0 Å². The van der Waals surface area contributed by atoms with E-state index in [1.807, 2.05) is 5.38 Å². The second-order valence-electron chi connectivity index (χ2n) is 3.96. The zero-order chi connectivity index (χ0) is 12.8. The molecule has 18 heavy (non-hydrogen) atoms. The van der Waals surface area contributed by atoms with Crippen LogP contribution in [0.25, 0.3) is 0 Å². The fraction of sp³-hybridized carbons (Fsp3) is 0.727. The van der Waals surface area contributed by atoms with Crippen molar-refractivity contribution < 1.29 is 18.3 Å². The third-order valence-electron chi connectivity index (χ3n) is 2.55. The highest BCUT2D eigenvalue weighted by molar-refractivity contribution is 7.09. The molecule has 0 aromatic carbocycles. The summed E-state index contributed by atoms with van der Waals surface area (Å²) < 4.78 is 33.9. The van der Waals surface area contributed by atoms with Gasteiger partial charge in [0.1, 0.15) is 6.61 Å². The van der Waals surface area contributed by atoms with Crippen LogP contribution < -0.4 is 5.32 Å². The maximum absolute atomic E-state index is 11.8. The minimum absolute atomic E-state index is 0.144.